The van der Waals surface area contributed by atoms with E-state index in [2.05, 4.69) is 36.5 Å². The average molecular weight is 847 g/mol. The van der Waals surface area contributed by atoms with Gasteiger partial charge in [0.2, 0.25) is 0 Å². The maximum atomic E-state index is 13.8. The first-order chi connectivity index (χ1) is 25.3. The monoisotopic (exact) mass is 846 g/mol. The normalized spacial score (nSPS) is 14.6. The van der Waals surface area contributed by atoms with Crippen molar-refractivity contribution in [3.8, 4) is 0 Å². The van der Waals surface area contributed by atoms with E-state index in [1.54, 1.807) is 0 Å². The first-order valence-corrected chi connectivity index (χ1v) is 25.8. The van der Waals surface area contributed by atoms with Gasteiger partial charge in [0.15, 0.2) is 6.67 Å². The lowest BCUT2D eigenvalue weighted by atomic mass is 10.1. The van der Waals surface area contributed by atoms with Gasteiger partial charge in [-0.05, 0) is 25.7 Å². The number of alkyl halides is 1. The molecule has 0 saturated carbocycles. The van der Waals surface area contributed by atoms with Gasteiger partial charge in [-0.15, -0.1) is 0 Å². The molecule has 14 nitrogen and oxygen atoms in total. The molecule has 53 heavy (non-hydrogen) atoms. The van der Waals surface area contributed by atoms with Crippen molar-refractivity contribution in [2.45, 2.75) is 182 Å². The summed E-state index contributed by atoms with van der Waals surface area (Å²) in [5, 5.41) is 0. The fourth-order valence-electron chi connectivity index (χ4n) is 4.99. The molecule has 0 aromatic rings. The number of phosphoric acid groups is 4. The van der Waals surface area contributed by atoms with E-state index in [0.29, 0.717) is 38.5 Å². The summed E-state index contributed by atoms with van der Waals surface area (Å²) in [6.45, 7) is 5.75. The van der Waals surface area contributed by atoms with Gasteiger partial charge >= 0.3 is 37.3 Å². The van der Waals surface area contributed by atoms with Crippen LogP contribution in [-0.4, -0.2) is 44.0 Å². The van der Waals surface area contributed by atoms with Crippen molar-refractivity contribution in [1.29, 1.82) is 0 Å². The Kier molecular flexibility index (Phi) is 33.0. The lowest BCUT2D eigenvalue weighted by Crippen LogP contribution is -2.10. The molecular weight excluding hydrogens is 775 g/mol. The van der Waals surface area contributed by atoms with E-state index in [4.69, 9.17) is 26.7 Å². The smallest absolute Gasteiger partial charge is 0.368 e. The molecule has 2 atom stereocenters. The number of unbranched alkanes of at least 4 members (excludes halogenated alkanes) is 20. The van der Waals surface area contributed by atoms with Gasteiger partial charge in [0, 0.05) is 0 Å². The molecule has 0 aromatic carbocycles. The number of phosphoric ester groups is 2. The molecule has 0 aliphatic rings. The minimum atomic E-state index is -5.86. The molecular formula is C34H71FO14P4. The van der Waals surface area contributed by atoms with E-state index in [1.807, 2.05) is 0 Å². The lowest BCUT2D eigenvalue weighted by Gasteiger charge is -2.25. The number of halogens is 1. The number of hydrogen-bond donors (Lipinski definition) is 1. The molecule has 0 aromatic heterocycles. The maximum absolute atomic E-state index is 13.8. The molecule has 0 fully saturated rings. The Bertz CT molecular complexity index is 1060. The molecule has 1 N–H and O–H groups in total. The van der Waals surface area contributed by atoms with Gasteiger partial charge in [-0.25, -0.2) is 27.4 Å². The number of carbonyl (C=O) groups excluding carboxylic acids is 1. The van der Waals surface area contributed by atoms with Crippen LogP contribution in [0.5, 0.6) is 0 Å². The Morgan fingerprint density at radius 2 is 0.698 bits per heavy atom. The largest absolute Gasteiger partial charge is 0.550 e. The highest BCUT2D eigenvalue weighted by atomic mass is 31.3. The van der Waals surface area contributed by atoms with Crippen LogP contribution in [0, 0.1) is 0 Å². The second-order valence-electron chi connectivity index (χ2n) is 13.1. The summed E-state index contributed by atoms with van der Waals surface area (Å²) in [6.07, 6.45) is 20.5. The summed E-state index contributed by atoms with van der Waals surface area (Å²) in [7, 11) is -21.5. The van der Waals surface area contributed by atoms with Crippen LogP contribution in [0.4, 0.5) is 4.39 Å². The highest BCUT2D eigenvalue weighted by Crippen LogP contribution is 2.75. The topological polar surface area (TPSA) is 179 Å². The summed E-state index contributed by atoms with van der Waals surface area (Å²) >= 11 is 0. The third-order valence-electron chi connectivity index (χ3n) is 7.92. The Morgan fingerprint density at radius 1 is 0.434 bits per heavy atom. The van der Waals surface area contributed by atoms with Crippen molar-refractivity contribution in [1.82, 2.24) is 0 Å². The van der Waals surface area contributed by atoms with E-state index in [-0.39, 0.29) is 26.4 Å². The first-order valence-electron chi connectivity index (χ1n) is 20.0. The van der Waals surface area contributed by atoms with Gasteiger partial charge in [-0.3, -0.25) is 18.1 Å². The van der Waals surface area contributed by atoms with Crippen LogP contribution in [0.15, 0.2) is 0 Å². The summed E-state index contributed by atoms with van der Waals surface area (Å²) in [4.78, 5) is 22.6. The van der Waals surface area contributed by atoms with Gasteiger partial charge in [0.25, 0.3) is 0 Å². The molecule has 0 radical (unpaired) electrons. The number of hydrogen-bond acceptors (Lipinski definition) is 13. The van der Waals surface area contributed by atoms with Gasteiger partial charge in [0.1, 0.15) is 0 Å². The Morgan fingerprint density at radius 3 is 1.00 bits per heavy atom. The van der Waals surface area contributed by atoms with Crippen LogP contribution in [-0.2, 0) is 58.6 Å². The van der Waals surface area contributed by atoms with E-state index in [9.17, 15) is 32.3 Å². The van der Waals surface area contributed by atoms with Crippen LogP contribution in [0.2, 0.25) is 0 Å². The highest BCUT2D eigenvalue weighted by molar-refractivity contribution is 7.70. The van der Waals surface area contributed by atoms with Crippen LogP contribution >= 0.6 is 31.3 Å². The molecule has 0 aliphatic heterocycles. The van der Waals surface area contributed by atoms with Gasteiger partial charge in [-0.2, -0.15) is 12.9 Å². The van der Waals surface area contributed by atoms with Crippen LogP contribution in [0.1, 0.15) is 182 Å². The zero-order valence-corrected chi connectivity index (χ0v) is 36.5. The van der Waals surface area contributed by atoms with E-state index in [1.165, 1.54) is 0 Å². The second-order valence-corrected chi connectivity index (χ2v) is 19.9. The molecule has 0 heterocycles. The minimum absolute atomic E-state index is 0.168. The van der Waals surface area contributed by atoms with Crippen molar-refractivity contribution in [2.75, 3.05) is 33.1 Å². The van der Waals surface area contributed by atoms with E-state index < -0.39 is 43.9 Å². The Labute approximate surface area is 319 Å². The molecule has 0 saturated heterocycles. The molecule has 0 amide bonds. The fraction of sp³-hybridized carbons (Fsp3) is 0.971. The van der Waals surface area contributed by atoms with Crippen LogP contribution in [0.3, 0.4) is 0 Å². The van der Waals surface area contributed by atoms with Gasteiger partial charge in [0.05, 0.1) is 26.4 Å². The zero-order valence-electron chi connectivity index (χ0n) is 32.9. The van der Waals surface area contributed by atoms with Crippen molar-refractivity contribution >= 4 is 37.3 Å². The molecule has 318 valence electrons. The molecule has 0 spiro atoms. The quantitative estimate of drug-likeness (QED) is 0.0454. The lowest BCUT2D eigenvalue weighted by molar-refractivity contribution is -0.136. The van der Waals surface area contributed by atoms with E-state index in [0.717, 1.165) is 116 Å². The minimum Gasteiger partial charge on any atom is -0.368 e. The maximum Gasteiger partial charge on any atom is 0.550 e. The van der Waals surface area contributed by atoms with Crippen molar-refractivity contribution in [3.05, 3.63) is 0 Å². The average Bonchev–Trinajstić information content (AvgIpc) is 3.09. The first kappa shape index (κ1) is 53.0. The van der Waals surface area contributed by atoms with Crippen molar-refractivity contribution in [3.63, 3.8) is 0 Å². The van der Waals surface area contributed by atoms with Crippen LogP contribution in [0.25, 0.3) is 0 Å². The molecule has 2 unspecified atom stereocenters. The summed E-state index contributed by atoms with van der Waals surface area (Å²) < 4.78 is 108. The third kappa shape index (κ3) is 30.8. The molecule has 0 rings (SSSR count). The summed E-state index contributed by atoms with van der Waals surface area (Å²) in [6, 6.07) is 0. The van der Waals surface area contributed by atoms with E-state index >= 15 is 0 Å². The second kappa shape index (κ2) is 33.0. The molecule has 0 aliphatic carbocycles. The van der Waals surface area contributed by atoms with Gasteiger partial charge in [-0.1, -0.05) is 156 Å². The number of carbonyl (C=O) groups is 1. The number of rotatable bonds is 40. The summed E-state index contributed by atoms with van der Waals surface area (Å²) in [5.74, 6) is -1.84. The summed E-state index contributed by atoms with van der Waals surface area (Å²) in [5.41, 5.74) is 0. The van der Waals surface area contributed by atoms with Crippen molar-refractivity contribution in [2.24, 2.45) is 0 Å². The fourth-order valence-corrected chi connectivity index (χ4v) is 11.6. The van der Waals surface area contributed by atoms with Crippen molar-refractivity contribution < 1.29 is 67.9 Å². The predicted molar refractivity (Wildman–Crippen MR) is 205 cm³/mol. The molecule has 0 bridgehead atoms. The molecule has 19 heteroatoms. The SMILES string of the molecule is CCCCCCCCOP(=O)(OCCCCCCCC)OP(=O)(O)OP(=O)(OC(=O)CF)OP(=O)(OCCCCCCCC)OCCCCCCCC. The zero-order chi connectivity index (χ0) is 39.7. The van der Waals surface area contributed by atoms with Crippen LogP contribution < -0.4 is 0 Å². The highest BCUT2D eigenvalue weighted by Gasteiger charge is 2.51. The van der Waals surface area contributed by atoms with Gasteiger partial charge < -0.3 is 9.42 Å². The Balaban J connectivity index is 5.95. The Hall–Kier alpha value is 0.0000000000000000139. The standard InChI is InChI=1S/C34H71FO14P4/c1-5-9-13-17-21-25-29-42-51(39,43-30-26-22-18-14-10-6-2)47-50(37,38)48-53(41,46-34(36)33-35)49-52(40,44-31-27-23-19-15-11-7-3)45-32-28-24-20-16-12-8-4/h5-33H2,1-4H3,(H,37,38). The third-order valence-corrected chi connectivity index (χ3v) is 15.2. The predicted octanol–water partition coefficient (Wildman–Crippen LogP) is 13.5.